The number of hydrogen-bond donors (Lipinski definition) is 2. The van der Waals surface area contributed by atoms with Gasteiger partial charge in [-0.2, -0.15) is 5.10 Å². The number of carbonyl (C=O) groups is 1. The monoisotopic (exact) mass is 272 g/mol. The predicted octanol–water partition coefficient (Wildman–Crippen LogP) is 2.25. The Hall–Kier alpha value is -2.14. The number of aromatic nitrogens is 2. The van der Waals surface area contributed by atoms with E-state index in [-0.39, 0.29) is 5.91 Å². The molecule has 5 heteroatoms. The molecule has 0 saturated carbocycles. The molecule has 20 heavy (non-hydrogen) atoms. The molecule has 1 amide bonds. The summed E-state index contributed by atoms with van der Waals surface area (Å²) in [4.78, 5) is 12.0. The first-order valence-corrected chi connectivity index (χ1v) is 6.80. The molecule has 0 aliphatic heterocycles. The SMILES string of the molecule is CCCC(N)C(=O)Nc1ccnn1-c1ccccc1C. The average Bonchev–Trinajstić information content (AvgIpc) is 2.87. The maximum Gasteiger partial charge on any atom is 0.242 e. The van der Waals surface area contributed by atoms with E-state index in [2.05, 4.69) is 10.4 Å². The third-order valence-corrected chi connectivity index (χ3v) is 3.17. The quantitative estimate of drug-likeness (QED) is 0.876. The minimum Gasteiger partial charge on any atom is -0.320 e. The van der Waals surface area contributed by atoms with Gasteiger partial charge in [0.15, 0.2) is 0 Å². The number of nitrogens with one attached hydrogen (secondary N) is 1. The second-order valence-corrected chi connectivity index (χ2v) is 4.80. The van der Waals surface area contributed by atoms with Gasteiger partial charge in [-0.1, -0.05) is 31.5 Å². The zero-order valence-electron chi connectivity index (χ0n) is 11.8. The van der Waals surface area contributed by atoms with Crippen LogP contribution in [0.2, 0.25) is 0 Å². The minimum atomic E-state index is -0.486. The van der Waals surface area contributed by atoms with Crippen LogP contribution in [0.25, 0.3) is 5.69 Å². The summed E-state index contributed by atoms with van der Waals surface area (Å²) in [5.74, 6) is 0.457. The van der Waals surface area contributed by atoms with Crippen LogP contribution in [0.3, 0.4) is 0 Å². The fourth-order valence-electron chi connectivity index (χ4n) is 2.05. The number of aryl methyl sites for hydroxylation is 1. The number of carbonyl (C=O) groups excluding carboxylic acids is 1. The predicted molar refractivity (Wildman–Crippen MR) is 79.8 cm³/mol. The standard InChI is InChI=1S/C15H20N4O/c1-3-6-12(16)15(20)18-14-9-10-17-19(14)13-8-5-4-7-11(13)2/h4-5,7-10,12H,3,6,16H2,1-2H3,(H,18,20). The molecule has 0 radical (unpaired) electrons. The van der Waals surface area contributed by atoms with Gasteiger partial charge in [-0.15, -0.1) is 0 Å². The summed E-state index contributed by atoms with van der Waals surface area (Å²) in [6.07, 6.45) is 3.21. The van der Waals surface area contributed by atoms with Crippen LogP contribution in [0.15, 0.2) is 36.5 Å². The van der Waals surface area contributed by atoms with E-state index >= 15 is 0 Å². The number of benzene rings is 1. The molecule has 1 heterocycles. The molecule has 1 unspecified atom stereocenters. The number of nitrogens with zero attached hydrogens (tertiary/aromatic N) is 2. The molecule has 106 valence electrons. The summed E-state index contributed by atoms with van der Waals surface area (Å²) in [6.45, 7) is 4.01. The van der Waals surface area contributed by atoms with E-state index in [1.807, 2.05) is 38.1 Å². The van der Waals surface area contributed by atoms with Crippen LogP contribution < -0.4 is 11.1 Å². The summed E-state index contributed by atoms with van der Waals surface area (Å²) in [6, 6.07) is 9.16. The van der Waals surface area contributed by atoms with Gasteiger partial charge in [0.1, 0.15) is 5.82 Å². The zero-order valence-corrected chi connectivity index (χ0v) is 11.8. The lowest BCUT2D eigenvalue weighted by Crippen LogP contribution is -2.35. The average molecular weight is 272 g/mol. The maximum absolute atomic E-state index is 12.0. The number of anilines is 1. The highest BCUT2D eigenvalue weighted by atomic mass is 16.2. The lowest BCUT2D eigenvalue weighted by molar-refractivity contribution is -0.117. The lowest BCUT2D eigenvalue weighted by atomic mass is 10.1. The van der Waals surface area contributed by atoms with Gasteiger partial charge in [-0.25, -0.2) is 4.68 Å². The molecule has 1 atom stereocenters. The van der Waals surface area contributed by atoms with E-state index in [0.717, 1.165) is 17.7 Å². The Morgan fingerprint density at radius 1 is 1.40 bits per heavy atom. The van der Waals surface area contributed by atoms with Crippen LogP contribution in [-0.2, 0) is 4.79 Å². The molecule has 1 aromatic heterocycles. The van der Waals surface area contributed by atoms with Crippen molar-refractivity contribution in [2.45, 2.75) is 32.7 Å². The van der Waals surface area contributed by atoms with Crippen molar-refractivity contribution in [2.24, 2.45) is 5.73 Å². The second kappa shape index (κ2) is 6.34. The van der Waals surface area contributed by atoms with E-state index in [4.69, 9.17) is 5.73 Å². The molecule has 0 aliphatic carbocycles. The Morgan fingerprint density at radius 3 is 2.85 bits per heavy atom. The minimum absolute atomic E-state index is 0.179. The van der Waals surface area contributed by atoms with Crippen molar-refractivity contribution in [1.82, 2.24) is 9.78 Å². The van der Waals surface area contributed by atoms with E-state index in [9.17, 15) is 4.79 Å². The fraction of sp³-hybridized carbons (Fsp3) is 0.333. The molecular formula is C15H20N4O. The first kappa shape index (κ1) is 14.3. The van der Waals surface area contributed by atoms with Gasteiger partial charge in [0.25, 0.3) is 0 Å². The molecule has 0 bridgehead atoms. The highest BCUT2D eigenvalue weighted by Crippen LogP contribution is 2.18. The van der Waals surface area contributed by atoms with Crippen LogP contribution >= 0.6 is 0 Å². The summed E-state index contributed by atoms with van der Waals surface area (Å²) >= 11 is 0. The molecule has 0 saturated heterocycles. The van der Waals surface area contributed by atoms with E-state index < -0.39 is 6.04 Å². The summed E-state index contributed by atoms with van der Waals surface area (Å²) in [7, 11) is 0. The van der Waals surface area contributed by atoms with Crippen LogP contribution in [-0.4, -0.2) is 21.7 Å². The Balaban J connectivity index is 2.22. The first-order chi connectivity index (χ1) is 9.63. The van der Waals surface area contributed by atoms with Crippen molar-refractivity contribution in [2.75, 3.05) is 5.32 Å². The number of nitrogens with two attached hydrogens (primary N) is 1. The van der Waals surface area contributed by atoms with Crippen molar-refractivity contribution in [3.8, 4) is 5.69 Å². The van der Waals surface area contributed by atoms with Gasteiger partial charge in [0.05, 0.1) is 17.9 Å². The molecule has 0 aliphatic rings. The Kier molecular flexibility index (Phi) is 4.53. The van der Waals surface area contributed by atoms with E-state index in [1.54, 1.807) is 16.9 Å². The zero-order chi connectivity index (χ0) is 14.5. The molecule has 1 aromatic carbocycles. The number of amides is 1. The topological polar surface area (TPSA) is 72.9 Å². The molecule has 0 fully saturated rings. The lowest BCUT2D eigenvalue weighted by Gasteiger charge is -2.13. The third kappa shape index (κ3) is 3.05. The maximum atomic E-state index is 12.0. The third-order valence-electron chi connectivity index (χ3n) is 3.17. The van der Waals surface area contributed by atoms with Gasteiger partial charge in [-0.05, 0) is 25.0 Å². The van der Waals surface area contributed by atoms with E-state index in [0.29, 0.717) is 12.2 Å². The van der Waals surface area contributed by atoms with Gasteiger partial charge in [0, 0.05) is 6.07 Å². The van der Waals surface area contributed by atoms with Crippen LogP contribution in [0.1, 0.15) is 25.3 Å². The first-order valence-electron chi connectivity index (χ1n) is 6.80. The molecule has 0 spiro atoms. The molecule has 3 N–H and O–H groups in total. The number of rotatable bonds is 5. The Labute approximate surface area is 118 Å². The van der Waals surface area contributed by atoms with Gasteiger partial charge in [-0.3, -0.25) is 4.79 Å². The van der Waals surface area contributed by atoms with Crippen LogP contribution in [0, 0.1) is 6.92 Å². The largest absolute Gasteiger partial charge is 0.320 e. The van der Waals surface area contributed by atoms with Crippen LogP contribution in [0.5, 0.6) is 0 Å². The molecule has 5 nitrogen and oxygen atoms in total. The van der Waals surface area contributed by atoms with Gasteiger partial charge >= 0.3 is 0 Å². The van der Waals surface area contributed by atoms with Gasteiger partial charge < -0.3 is 11.1 Å². The van der Waals surface area contributed by atoms with Crippen molar-refractivity contribution >= 4 is 11.7 Å². The summed E-state index contributed by atoms with van der Waals surface area (Å²) in [5, 5.41) is 7.10. The number of para-hydroxylation sites is 1. The summed E-state index contributed by atoms with van der Waals surface area (Å²) in [5.41, 5.74) is 7.85. The van der Waals surface area contributed by atoms with Gasteiger partial charge in [0.2, 0.25) is 5.91 Å². The van der Waals surface area contributed by atoms with Crippen molar-refractivity contribution in [1.29, 1.82) is 0 Å². The highest BCUT2D eigenvalue weighted by molar-refractivity contribution is 5.94. The second-order valence-electron chi connectivity index (χ2n) is 4.80. The van der Waals surface area contributed by atoms with Crippen molar-refractivity contribution in [3.63, 3.8) is 0 Å². The van der Waals surface area contributed by atoms with Crippen molar-refractivity contribution in [3.05, 3.63) is 42.1 Å². The highest BCUT2D eigenvalue weighted by Gasteiger charge is 2.15. The van der Waals surface area contributed by atoms with Crippen molar-refractivity contribution < 1.29 is 4.79 Å². The summed E-state index contributed by atoms with van der Waals surface area (Å²) < 4.78 is 1.71. The number of hydrogen-bond acceptors (Lipinski definition) is 3. The fourth-order valence-corrected chi connectivity index (χ4v) is 2.05. The Bertz CT molecular complexity index is 591. The van der Waals surface area contributed by atoms with Crippen LogP contribution in [0.4, 0.5) is 5.82 Å². The normalized spacial score (nSPS) is 12.2. The van der Waals surface area contributed by atoms with E-state index in [1.165, 1.54) is 0 Å². The molecule has 2 aromatic rings. The molecular weight excluding hydrogens is 252 g/mol. The molecule has 2 rings (SSSR count). The smallest absolute Gasteiger partial charge is 0.242 e. The Morgan fingerprint density at radius 2 is 2.15 bits per heavy atom.